The normalized spacial score (nSPS) is 19.0. The molecule has 1 fully saturated rings. The van der Waals surface area contributed by atoms with E-state index in [2.05, 4.69) is 24.4 Å². The molecule has 1 aliphatic heterocycles. The van der Waals surface area contributed by atoms with E-state index in [9.17, 15) is 9.59 Å². The van der Waals surface area contributed by atoms with Gasteiger partial charge in [0.25, 0.3) is 0 Å². The number of amides is 2. The van der Waals surface area contributed by atoms with Gasteiger partial charge in [-0.1, -0.05) is 37.3 Å². The minimum Gasteiger partial charge on any atom is -0.346 e. The molecule has 1 heterocycles. The molecule has 0 aliphatic carbocycles. The average molecular weight is 303 g/mol. The zero-order chi connectivity index (χ0) is 15.9. The van der Waals surface area contributed by atoms with Crippen LogP contribution in [0, 0.1) is 0 Å². The van der Waals surface area contributed by atoms with Gasteiger partial charge in [0.2, 0.25) is 11.8 Å². The molecule has 1 saturated heterocycles. The van der Waals surface area contributed by atoms with E-state index in [1.807, 2.05) is 23.1 Å². The van der Waals surface area contributed by atoms with Crippen LogP contribution in [0.5, 0.6) is 0 Å². The van der Waals surface area contributed by atoms with Crippen molar-refractivity contribution < 1.29 is 9.59 Å². The fraction of sp³-hybridized carbons (Fsp3) is 0.529. The Morgan fingerprint density at radius 2 is 2.09 bits per heavy atom. The van der Waals surface area contributed by atoms with Gasteiger partial charge in [-0.2, -0.15) is 0 Å². The minimum absolute atomic E-state index is 0.0151. The summed E-state index contributed by atoms with van der Waals surface area (Å²) in [6, 6.07) is 10.6. The second-order valence-electron chi connectivity index (χ2n) is 5.70. The molecular weight excluding hydrogens is 278 g/mol. The van der Waals surface area contributed by atoms with Gasteiger partial charge < -0.3 is 16.0 Å². The third-order valence-electron chi connectivity index (χ3n) is 4.37. The Bertz CT molecular complexity index is 504. The lowest BCUT2D eigenvalue weighted by Gasteiger charge is -2.31. The molecule has 0 radical (unpaired) electrons. The molecule has 22 heavy (non-hydrogen) atoms. The van der Waals surface area contributed by atoms with Gasteiger partial charge in [-0.15, -0.1) is 0 Å². The smallest absolute Gasteiger partial charge is 0.242 e. The van der Waals surface area contributed by atoms with E-state index in [-0.39, 0.29) is 30.9 Å². The van der Waals surface area contributed by atoms with Gasteiger partial charge in [-0.3, -0.25) is 9.59 Å². The number of likely N-dealkylation sites (tertiary alicyclic amines) is 1. The first-order valence-corrected chi connectivity index (χ1v) is 7.98. The molecule has 3 N–H and O–H groups in total. The molecule has 120 valence electrons. The Labute approximate surface area is 131 Å². The first kappa shape index (κ1) is 16.5. The van der Waals surface area contributed by atoms with Crippen LogP contribution < -0.4 is 11.1 Å². The molecule has 0 saturated carbocycles. The van der Waals surface area contributed by atoms with Crippen molar-refractivity contribution in [3.63, 3.8) is 0 Å². The minimum atomic E-state index is -0.292. The van der Waals surface area contributed by atoms with Gasteiger partial charge in [-0.05, 0) is 24.8 Å². The molecule has 1 aromatic carbocycles. The van der Waals surface area contributed by atoms with Gasteiger partial charge in [0.05, 0.1) is 13.1 Å². The van der Waals surface area contributed by atoms with E-state index in [0.29, 0.717) is 5.92 Å². The maximum Gasteiger partial charge on any atom is 0.242 e. The van der Waals surface area contributed by atoms with E-state index in [1.54, 1.807) is 0 Å². The van der Waals surface area contributed by atoms with Crippen molar-refractivity contribution >= 4 is 11.8 Å². The zero-order valence-electron chi connectivity index (χ0n) is 13.1. The van der Waals surface area contributed by atoms with Crippen LogP contribution in [0.25, 0.3) is 0 Å². The van der Waals surface area contributed by atoms with E-state index >= 15 is 0 Å². The summed E-state index contributed by atoms with van der Waals surface area (Å²) in [5, 5.41) is 2.57. The predicted molar refractivity (Wildman–Crippen MR) is 86.3 cm³/mol. The number of hydrogen-bond acceptors (Lipinski definition) is 3. The number of nitrogens with two attached hydrogens (primary N) is 1. The highest BCUT2D eigenvalue weighted by Crippen LogP contribution is 2.33. The third kappa shape index (κ3) is 3.85. The second-order valence-corrected chi connectivity index (χ2v) is 5.70. The molecule has 0 bridgehead atoms. The number of hydrogen-bond donors (Lipinski definition) is 2. The molecule has 1 aromatic rings. The quantitative estimate of drug-likeness (QED) is 0.830. The third-order valence-corrected chi connectivity index (χ3v) is 4.37. The molecule has 5 nitrogen and oxygen atoms in total. The summed E-state index contributed by atoms with van der Waals surface area (Å²) >= 11 is 0. The molecule has 2 unspecified atom stereocenters. The highest BCUT2D eigenvalue weighted by molar-refractivity contribution is 5.85. The van der Waals surface area contributed by atoms with E-state index in [4.69, 9.17) is 5.73 Å². The number of rotatable bonds is 6. The molecule has 5 heteroatoms. The van der Waals surface area contributed by atoms with Crippen LogP contribution in [0.3, 0.4) is 0 Å². The topological polar surface area (TPSA) is 75.4 Å². The fourth-order valence-electron chi connectivity index (χ4n) is 3.30. The van der Waals surface area contributed by atoms with Crippen molar-refractivity contribution in [1.29, 1.82) is 0 Å². The van der Waals surface area contributed by atoms with E-state index < -0.39 is 0 Å². The van der Waals surface area contributed by atoms with E-state index in [0.717, 1.165) is 25.8 Å². The van der Waals surface area contributed by atoms with Crippen LogP contribution in [0.4, 0.5) is 0 Å². The summed E-state index contributed by atoms with van der Waals surface area (Å²) in [5.74, 6) is 0.0377. The molecule has 1 aliphatic rings. The standard InChI is InChI=1S/C17H25N3O2/c1-2-14(13-7-4-3-5-8-13)15-9-6-10-20(15)17(22)12-19-16(21)11-18/h3-5,7-8,14-15H,2,6,9-12,18H2,1H3,(H,19,21). The lowest BCUT2D eigenvalue weighted by molar-refractivity contribution is -0.133. The lowest BCUT2D eigenvalue weighted by atomic mass is 9.87. The number of nitrogens with zero attached hydrogens (tertiary/aromatic N) is 1. The highest BCUT2D eigenvalue weighted by Gasteiger charge is 2.34. The van der Waals surface area contributed by atoms with E-state index in [1.165, 1.54) is 5.56 Å². The van der Waals surface area contributed by atoms with Gasteiger partial charge in [0.1, 0.15) is 0 Å². The summed E-state index contributed by atoms with van der Waals surface area (Å²) in [6.45, 7) is 2.89. The fourth-order valence-corrected chi connectivity index (χ4v) is 3.30. The molecular formula is C17H25N3O2. The lowest BCUT2D eigenvalue weighted by Crippen LogP contribution is -2.45. The van der Waals surface area contributed by atoms with Gasteiger partial charge in [0.15, 0.2) is 0 Å². The van der Waals surface area contributed by atoms with Crippen LogP contribution in [-0.4, -0.2) is 42.4 Å². The number of benzene rings is 1. The summed E-state index contributed by atoms with van der Waals surface area (Å²) in [6.07, 6.45) is 3.03. The molecule has 2 atom stereocenters. The van der Waals surface area contributed by atoms with Crippen molar-refractivity contribution in [2.45, 2.75) is 38.1 Å². The number of carbonyl (C=O) groups is 2. The van der Waals surface area contributed by atoms with Crippen molar-refractivity contribution in [3.8, 4) is 0 Å². The van der Waals surface area contributed by atoms with Crippen LogP contribution in [0.15, 0.2) is 30.3 Å². The molecule has 0 aromatic heterocycles. The Morgan fingerprint density at radius 1 is 1.36 bits per heavy atom. The maximum atomic E-state index is 12.4. The summed E-state index contributed by atoms with van der Waals surface area (Å²) in [4.78, 5) is 25.5. The van der Waals surface area contributed by atoms with Gasteiger partial charge >= 0.3 is 0 Å². The van der Waals surface area contributed by atoms with Crippen molar-refractivity contribution in [2.75, 3.05) is 19.6 Å². The monoisotopic (exact) mass is 303 g/mol. The van der Waals surface area contributed by atoms with Crippen LogP contribution in [0.1, 0.15) is 37.7 Å². The van der Waals surface area contributed by atoms with Crippen molar-refractivity contribution in [3.05, 3.63) is 35.9 Å². The largest absolute Gasteiger partial charge is 0.346 e. The van der Waals surface area contributed by atoms with Crippen molar-refractivity contribution in [1.82, 2.24) is 10.2 Å². The first-order chi connectivity index (χ1) is 10.7. The Kier molecular flexibility index (Phi) is 5.95. The number of carbonyl (C=O) groups excluding carboxylic acids is 2. The zero-order valence-corrected chi connectivity index (χ0v) is 13.1. The number of nitrogens with one attached hydrogen (secondary N) is 1. The van der Waals surface area contributed by atoms with Crippen molar-refractivity contribution in [2.24, 2.45) is 5.73 Å². The Morgan fingerprint density at radius 3 is 2.73 bits per heavy atom. The van der Waals surface area contributed by atoms with Crippen LogP contribution in [0.2, 0.25) is 0 Å². The maximum absolute atomic E-state index is 12.4. The van der Waals surface area contributed by atoms with Gasteiger partial charge in [0, 0.05) is 18.5 Å². The average Bonchev–Trinajstić information content (AvgIpc) is 3.03. The summed E-state index contributed by atoms with van der Waals surface area (Å²) < 4.78 is 0. The second kappa shape index (κ2) is 7.94. The molecule has 2 amide bonds. The Hall–Kier alpha value is -1.88. The molecule has 0 spiro atoms. The van der Waals surface area contributed by atoms with Gasteiger partial charge in [-0.25, -0.2) is 0 Å². The van der Waals surface area contributed by atoms with Crippen LogP contribution in [-0.2, 0) is 9.59 Å². The SMILES string of the molecule is CCC(c1ccccc1)C1CCCN1C(=O)CNC(=O)CN. The first-order valence-electron chi connectivity index (χ1n) is 7.98. The summed E-state index contributed by atoms with van der Waals surface area (Å²) in [5.41, 5.74) is 6.53. The predicted octanol–water partition coefficient (Wildman–Crippen LogP) is 1.25. The Balaban J connectivity index is 2.05. The molecule has 2 rings (SSSR count). The van der Waals surface area contributed by atoms with Crippen LogP contribution >= 0.6 is 0 Å². The highest BCUT2D eigenvalue weighted by atomic mass is 16.2. The summed E-state index contributed by atoms with van der Waals surface area (Å²) in [7, 11) is 0.